The summed E-state index contributed by atoms with van der Waals surface area (Å²) in [7, 11) is 1.58. The molecule has 0 bridgehead atoms. The second kappa shape index (κ2) is 8.89. The molecular weight excluding hydrogens is 402 g/mol. The molecule has 0 aliphatic carbocycles. The fourth-order valence-electron chi connectivity index (χ4n) is 2.46. The Bertz CT molecular complexity index is 767. The molecule has 1 aromatic carbocycles. The van der Waals surface area contributed by atoms with Crippen molar-refractivity contribution in [2.24, 2.45) is 0 Å². The van der Waals surface area contributed by atoms with Crippen molar-refractivity contribution >= 4 is 27.8 Å². The minimum Gasteiger partial charge on any atom is -0.497 e. The van der Waals surface area contributed by atoms with Crippen LogP contribution in [0.5, 0.6) is 5.75 Å². The average Bonchev–Trinajstić information content (AvgIpc) is 2.92. The summed E-state index contributed by atoms with van der Waals surface area (Å²) in [4.78, 5) is 24.7. The van der Waals surface area contributed by atoms with Crippen molar-refractivity contribution in [3.8, 4) is 5.75 Å². The molecule has 0 radical (unpaired) electrons. The van der Waals surface area contributed by atoms with Gasteiger partial charge in [0.1, 0.15) is 5.75 Å². The minimum absolute atomic E-state index is 0.0111. The monoisotopic (exact) mass is 423 g/mol. The van der Waals surface area contributed by atoms with Crippen LogP contribution in [0, 0.1) is 6.92 Å². The van der Waals surface area contributed by atoms with Gasteiger partial charge in [-0.15, -0.1) is 0 Å². The van der Waals surface area contributed by atoms with Gasteiger partial charge < -0.3 is 19.2 Å². The zero-order valence-electron chi connectivity index (χ0n) is 15.2. The number of benzene rings is 1. The number of carbonyl (C=O) groups excluding carboxylic acids is 2. The van der Waals surface area contributed by atoms with Crippen LogP contribution in [0.1, 0.15) is 48.0 Å². The third-order valence-corrected chi connectivity index (χ3v) is 4.05. The van der Waals surface area contributed by atoms with Gasteiger partial charge in [-0.3, -0.25) is 9.59 Å². The normalized spacial score (nSPS) is 11.9. The number of rotatable bonds is 7. The topological polar surface area (TPSA) is 77.8 Å². The summed E-state index contributed by atoms with van der Waals surface area (Å²) >= 11 is 3.21. The number of esters is 1. The molecule has 0 saturated carbocycles. The summed E-state index contributed by atoms with van der Waals surface area (Å²) in [6.07, 6.45) is -0.213. The van der Waals surface area contributed by atoms with E-state index in [-0.39, 0.29) is 18.3 Å². The number of nitrogens with one attached hydrogen (secondary N) is 1. The molecule has 6 nitrogen and oxygen atoms in total. The molecule has 7 heteroatoms. The average molecular weight is 424 g/mol. The molecule has 0 aliphatic rings. The molecule has 0 fully saturated rings. The SMILES string of the molecule is COc1ccc(C(CC(=O)OC(C)C)NC(=O)c2oc(Br)cc2C)cc1. The molecule has 0 saturated heterocycles. The van der Waals surface area contributed by atoms with Crippen LogP contribution in [-0.2, 0) is 9.53 Å². The maximum Gasteiger partial charge on any atom is 0.308 e. The van der Waals surface area contributed by atoms with Crippen molar-refractivity contribution in [2.45, 2.75) is 39.3 Å². The number of ether oxygens (including phenoxy) is 2. The Labute approximate surface area is 161 Å². The molecule has 0 spiro atoms. The quantitative estimate of drug-likeness (QED) is 0.675. The van der Waals surface area contributed by atoms with E-state index in [0.717, 1.165) is 5.56 Å². The maximum absolute atomic E-state index is 12.6. The molecule has 140 valence electrons. The molecule has 2 rings (SSSR count). The molecule has 26 heavy (non-hydrogen) atoms. The van der Waals surface area contributed by atoms with Gasteiger partial charge in [0.05, 0.1) is 25.7 Å². The van der Waals surface area contributed by atoms with Crippen LogP contribution in [0.2, 0.25) is 0 Å². The number of hydrogen-bond donors (Lipinski definition) is 1. The Morgan fingerprint density at radius 3 is 2.38 bits per heavy atom. The molecule has 1 heterocycles. The highest BCUT2D eigenvalue weighted by Gasteiger charge is 2.23. The predicted octanol–water partition coefficient (Wildman–Crippen LogP) is 4.17. The lowest BCUT2D eigenvalue weighted by Gasteiger charge is -2.19. The number of methoxy groups -OCH3 is 1. The molecule has 0 aliphatic heterocycles. The van der Waals surface area contributed by atoms with Crippen LogP contribution >= 0.6 is 15.9 Å². The van der Waals surface area contributed by atoms with Gasteiger partial charge in [0.2, 0.25) is 0 Å². The van der Waals surface area contributed by atoms with E-state index >= 15 is 0 Å². The smallest absolute Gasteiger partial charge is 0.308 e. The van der Waals surface area contributed by atoms with E-state index in [9.17, 15) is 9.59 Å². The van der Waals surface area contributed by atoms with Gasteiger partial charge in [-0.2, -0.15) is 0 Å². The first-order chi connectivity index (χ1) is 12.3. The van der Waals surface area contributed by atoms with E-state index in [0.29, 0.717) is 16.0 Å². The Balaban J connectivity index is 2.22. The van der Waals surface area contributed by atoms with Crippen LogP contribution < -0.4 is 10.1 Å². The van der Waals surface area contributed by atoms with Gasteiger partial charge in [0, 0.05) is 5.56 Å². The van der Waals surface area contributed by atoms with Crippen molar-refractivity contribution in [3.63, 3.8) is 0 Å². The van der Waals surface area contributed by atoms with E-state index in [1.165, 1.54) is 0 Å². The van der Waals surface area contributed by atoms with Crippen molar-refractivity contribution < 1.29 is 23.5 Å². The van der Waals surface area contributed by atoms with E-state index < -0.39 is 17.9 Å². The number of halogens is 1. The highest BCUT2D eigenvalue weighted by atomic mass is 79.9. The standard InChI is InChI=1S/C19H22BrNO5/c1-11(2)25-17(22)10-15(13-5-7-14(24-4)8-6-13)21-19(23)18-12(3)9-16(20)26-18/h5-9,11,15H,10H2,1-4H3,(H,21,23). The second-order valence-corrected chi connectivity index (χ2v) is 6.89. The van der Waals surface area contributed by atoms with Gasteiger partial charge in [-0.25, -0.2) is 0 Å². The van der Waals surface area contributed by atoms with Crippen molar-refractivity contribution in [1.82, 2.24) is 5.32 Å². The number of aryl methyl sites for hydroxylation is 1. The number of amides is 1. The Kier molecular flexibility index (Phi) is 6.85. The van der Waals surface area contributed by atoms with Gasteiger partial charge in [0.15, 0.2) is 10.4 Å². The zero-order chi connectivity index (χ0) is 19.3. The van der Waals surface area contributed by atoms with E-state index in [1.54, 1.807) is 58.2 Å². The molecule has 1 atom stereocenters. The fraction of sp³-hybridized carbons (Fsp3) is 0.368. The summed E-state index contributed by atoms with van der Waals surface area (Å²) in [5.74, 6) is 0.104. The Morgan fingerprint density at radius 2 is 1.88 bits per heavy atom. The van der Waals surface area contributed by atoms with Crippen molar-refractivity contribution in [3.05, 3.63) is 51.9 Å². The number of furan rings is 1. The van der Waals surface area contributed by atoms with Crippen molar-refractivity contribution in [1.29, 1.82) is 0 Å². The Morgan fingerprint density at radius 1 is 1.23 bits per heavy atom. The Hall–Kier alpha value is -2.28. The molecule has 1 amide bonds. The molecule has 2 aromatic rings. The summed E-state index contributed by atoms with van der Waals surface area (Å²) < 4.78 is 16.2. The number of hydrogen-bond acceptors (Lipinski definition) is 5. The fourth-order valence-corrected chi connectivity index (χ4v) is 2.96. The lowest BCUT2D eigenvalue weighted by Crippen LogP contribution is -2.31. The largest absolute Gasteiger partial charge is 0.497 e. The second-order valence-electron chi connectivity index (χ2n) is 6.10. The third kappa shape index (κ3) is 5.36. The lowest BCUT2D eigenvalue weighted by atomic mass is 10.0. The first-order valence-electron chi connectivity index (χ1n) is 8.20. The molecular formula is C19H22BrNO5. The van der Waals surface area contributed by atoms with Crippen LogP contribution in [-0.4, -0.2) is 25.1 Å². The third-order valence-electron chi connectivity index (χ3n) is 3.66. The zero-order valence-corrected chi connectivity index (χ0v) is 16.8. The van der Waals surface area contributed by atoms with Crippen LogP contribution in [0.25, 0.3) is 0 Å². The molecule has 1 unspecified atom stereocenters. The van der Waals surface area contributed by atoms with Gasteiger partial charge in [-0.05, 0) is 60.5 Å². The highest BCUT2D eigenvalue weighted by molar-refractivity contribution is 9.10. The summed E-state index contributed by atoms with van der Waals surface area (Å²) in [6, 6.07) is 8.32. The van der Waals surface area contributed by atoms with E-state index in [4.69, 9.17) is 13.9 Å². The van der Waals surface area contributed by atoms with Crippen molar-refractivity contribution in [2.75, 3.05) is 7.11 Å². The summed E-state index contributed by atoms with van der Waals surface area (Å²) in [6.45, 7) is 5.34. The minimum atomic E-state index is -0.553. The number of carbonyl (C=O) groups is 2. The predicted molar refractivity (Wildman–Crippen MR) is 100 cm³/mol. The maximum atomic E-state index is 12.6. The van der Waals surface area contributed by atoms with E-state index in [2.05, 4.69) is 21.2 Å². The molecule has 1 N–H and O–H groups in total. The van der Waals surface area contributed by atoms with Crippen LogP contribution in [0.3, 0.4) is 0 Å². The molecule has 1 aromatic heterocycles. The first kappa shape index (κ1) is 20.0. The van der Waals surface area contributed by atoms with Crippen LogP contribution in [0.15, 0.2) is 39.4 Å². The lowest BCUT2D eigenvalue weighted by molar-refractivity contribution is -0.147. The van der Waals surface area contributed by atoms with Gasteiger partial charge in [-0.1, -0.05) is 12.1 Å². The van der Waals surface area contributed by atoms with E-state index in [1.807, 2.05) is 0 Å². The first-order valence-corrected chi connectivity index (χ1v) is 8.99. The van der Waals surface area contributed by atoms with Gasteiger partial charge >= 0.3 is 5.97 Å². The van der Waals surface area contributed by atoms with Crippen LogP contribution in [0.4, 0.5) is 0 Å². The summed E-state index contributed by atoms with van der Waals surface area (Å²) in [5.41, 5.74) is 1.47. The highest BCUT2D eigenvalue weighted by Crippen LogP contribution is 2.24. The van der Waals surface area contributed by atoms with Gasteiger partial charge in [0.25, 0.3) is 5.91 Å². The summed E-state index contributed by atoms with van der Waals surface area (Å²) in [5, 5.41) is 2.85.